The summed E-state index contributed by atoms with van der Waals surface area (Å²) in [6, 6.07) is 0.429. The first kappa shape index (κ1) is 24.4. The first-order valence-electron chi connectivity index (χ1n) is 10.7. The summed E-state index contributed by atoms with van der Waals surface area (Å²) < 4.78 is 0. The Hall–Kier alpha value is -1.61. The molecule has 2 atom stereocenters. The molecule has 1 saturated heterocycles. The molecule has 0 bridgehead atoms. The number of allylic oxidation sites excluding steroid dienone is 3. The molecule has 5 heteroatoms. The normalized spacial score (nSPS) is 21.7. The number of hydrogen-bond acceptors (Lipinski definition) is 4. The Morgan fingerprint density at radius 3 is 2.57 bits per heavy atom. The van der Waals surface area contributed by atoms with Gasteiger partial charge in [-0.2, -0.15) is 0 Å². The molecule has 1 rings (SSSR count). The van der Waals surface area contributed by atoms with E-state index in [9.17, 15) is 4.79 Å². The SMILES string of the molecule is C#C/C=C(\C=C/C)N(CC1CCN(C)CCC1N(CCC)CCN)C(=O)CC. The van der Waals surface area contributed by atoms with Gasteiger partial charge in [-0.1, -0.05) is 25.8 Å². The molecule has 1 amide bonds. The molecule has 2 N–H and O–H groups in total. The van der Waals surface area contributed by atoms with Crippen LogP contribution in [0.1, 0.15) is 46.5 Å². The van der Waals surface area contributed by atoms with Crippen molar-refractivity contribution >= 4 is 5.91 Å². The first-order chi connectivity index (χ1) is 13.5. The van der Waals surface area contributed by atoms with Crippen LogP contribution in [0.15, 0.2) is 23.9 Å². The van der Waals surface area contributed by atoms with E-state index in [2.05, 4.69) is 29.7 Å². The molecule has 5 nitrogen and oxygen atoms in total. The van der Waals surface area contributed by atoms with E-state index in [0.29, 0.717) is 31.5 Å². The molecule has 1 heterocycles. The van der Waals surface area contributed by atoms with Crippen LogP contribution in [0.25, 0.3) is 0 Å². The molecule has 0 radical (unpaired) electrons. The van der Waals surface area contributed by atoms with Crippen LogP contribution in [0.5, 0.6) is 0 Å². The molecule has 2 unspecified atom stereocenters. The van der Waals surface area contributed by atoms with Crippen molar-refractivity contribution in [2.45, 2.75) is 52.5 Å². The zero-order valence-corrected chi connectivity index (χ0v) is 18.4. The third kappa shape index (κ3) is 7.43. The standard InChI is InChI=1S/C23H40N4O/c1-6-10-21(11-7-2)27(23(28)9-4)19-20-12-16-25(5)17-13-22(20)26(15-8-3)18-14-24/h1,7,10-11,20,22H,8-9,12-19,24H2,2-5H3/b11-7-,21-10+. The summed E-state index contributed by atoms with van der Waals surface area (Å²) in [5.74, 6) is 3.12. The molecule has 0 aromatic carbocycles. The molecule has 28 heavy (non-hydrogen) atoms. The monoisotopic (exact) mass is 388 g/mol. The molecular weight excluding hydrogens is 348 g/mol. The van der Waals surface area contributed by atoms with Crippen LogP contribution in [0, 0.1) is 18.3 Å². The van der Waals surface area contributed by atoms with Crippen LogP contribution < -0.4 is 5.73 Å². The van der Waals surface area contributed by atoms with Gasteiger partial charge in [0.15, 0.2) is 0 Å². The smallest absolute Gasteiger partial charge is 0.226 e. The number of nitrogens with zero attached hydrogens (tertiary/aromatic N) is 3. The van der Waals surface area contributed by atoms with Crippen molar-refractivity contribution in [1.29, 1.82) is 0 Å². The van der Waals surface area contributed by atoms with Gasteiger partial charge in [0.05, 0.1) is 5.70 Å². The lowest BCUT2D eigenvalue weighted by atomic mass is 9.92. The molecule has 0 saturated carbocycles. The van der Waals surface area contributed by atoms with Gasteiger partial charge >= 0.3 is 0 Å². The third-order valence-corrected chi connectivity index (χ3v) is 5.53. The topological polar surface area (TPSA) is 52.8 Å². The highest BCUT2D eigenvalue weighted by atomic mass is 16.2. The minimum absolute atomic E-state index is 0.122. The fourth-order valence-corrected chi connectivity index (χ4v) is 4.12. The Labute approximate surface area is 172 Å². The highest BCUT2D eigenvalue weighted by Gasteiger charge is 2.32. The van der Waals surface area contributed by atoms with Crippen molar-refractivity contribution in [1.82, 2.24) is 14.7 Å². The summed E-state index contributed by atoms with van der Waals surface area (Å²) in [5.41, 5.74) is 6.73. The average Bonchev–Trinajstić information content (AvgIpc) is 2.86. The number of hydrogen-bond donors (Lipinski definition) is 1. The van der Waals surface area contributed by atoms with Crippen molar-refractivity contribution < 1.29 is 4.79 Å². The van der Waals surface area contributed by atoms with Crippen LogP contribution in [-0.4, -0.2) is 73.0 Å². The Bertz CT molecular complexity index is 557. The van der Waals surface area contributed by atoms with E-state index in [4.69, 9.17) is 12.2 Å². The predicted molar refractivity (Wildman–Crippen MR) is 119 cm³/mol. The Kier molecular flexibility index (Phi) is 11.8. The second kappa shape index (κ2) is 13.5. The van der Waals surface area contributed by atoms with E-state index in [1.807, 2.05) is 30.9 Å². The number of terminal acetylenes is 1. The van der Waals surface area contributed by atoms with Crippen LogP contribution in [0.3, 0.4) is 0 Å². The minimum atomic E-state index is 0.122. The summed E-state index contributed by atoms with van der Waals surface area (Å²) in [5, 5.41) is 0. The van der Waals surface area contributed by atoms with E-state index in [0.717, 1.165) is 51.1 Å². The lowest BCUT2D eigenvalue weighted by Crippen LogP contribution is -2.47. The van der Waals surface area contributed by atoms with Gasteiger partial charge in [0.1, 0.15) is 0 Å². The maximum Gasteiger partial charge on any atom is 0.226 e. The Morgan fingerprint density at radius 2 is 2.00 bits per heavy atom. The lowest BCUT2D eigenvalue weighted by Gasteiger charge is -2.38. The van der Waals surface area contributed by atoms with Crippen LogP contribution in [-0.2, 0) is 4.79 Å². The number of amides is 1. The molecular formula is C23H40N4O. The zero-order chi connectivity index (χ0) is 20.9. The van der Waals surface area contributed by atoms with Gasteiger partial charge in [0.25, 0.3) is 0 Å². The fraction of sp³-hybridized carbons (Fsp3) is 0.696. The summed E-state index contributed by atoms with van der Waals surface area (Å²) in [7, 11) is 2.19. The van der Waals surface area contributed by atoms with E-state index in [1.54, 1.807) is 6.08 Å². The first-order valence-corrected chi connectivity index (χ1v) is 10.7. The number of carbonyl (C=O) groups is 1. The largest absolute Gasteiger partial charge is 0.329 e. The van der Waals surface area contributed by atoms with E-state index < -0.39 is 0 Å². The van der Waals surface area contributed by atoms with Gasteiger partial charge in [-0.05, 0) is 64.9 Å². The summed E-state index contributed by atoms with van der Waals surface area (Å²) in [6.45, 7) is 11.5. The highest BCUT2D eigenvalue weighted by molar-refractivity contribution is 5.78. The van der Waals surface area contributed by atoms with Crippen molar-refractivity contribution in [3.05, 3.63) is 23.9 Å². The number of likely N-dealkylation sites (tertiary alicyclic amines) is 1. The van der Waals surface area contributed by atoms with Crippen LogP contribution in [0.4, 0.5) is 0 Å². The van der Waals surface area contributed by atoms with Crippen molar-refractivity contribution in [2.75, 3.05) is 46.3 Å². The predicted octanol–water partition coefficient (Wildman–Crippen LogP) is 2.70. The maximum absolute atomic E-state index is 12.8. The van der Waals surface area contributed by atoms with Crippen molar-refractivity contribution in [3.8, 4) is 12.3 Å². The quantitative estimate of drug-likeness (QED) is 0.462. The number of rotatable bonds is 10. The van der Waals surface area contributed by atoms with E-state index in [1.165, 1.54) is 0 Å². The average molecular weight is 389 g/mol. The molecule has 0 aromatic heterocycles. The second-order valence-corrected chi connectivity index (χ2v) is 7.63. The summed E-state index contributed by atoms with van der Waals surface area (Å²) in [4.78, 5) is 19.6. The third-order valence-electron chi connectivity index (χ3n) is 5.53. The van der Waals surface area contributed by atoms with Gasteiger partial charge in [0, 0.05) is 38.2 Å². The summed E-state index contributed by atoms with van der Waals surface area (Å²) >= 11 is 0. The van der Waals surface area contributed by atoms with Gasteiger partial charge in [0.2, 0.25) is 5.91 Å². The van der Waals surface area contributed by atoms with Crippen molar-refractivity contribution in [3.63, 3.8) is 0 Å². The molecule has 0 spiro atoms. The van der Waals surface area contributed by atoms with Gasteiger partial charge in [-0.3, -0.25) is 9.69 Å². The molecule has 0 aromatic rings. The molecule has 1 aliphatic heterocycles. The van der Waals surface area contributed by atoms with Crippen molar-refractivity contribution in [2.24, 2.45) is 11.7 Å². The highest BCUT2D eigenvalue weighted by Crippen LogP contribution is 2.26. The minimum Gasteiger partial charge on any atom is -0.329 e. The number of nitrogens with two attached hydrogens (primary N) is 1. The lowest BCUT2D eigenvalue weighted by molar-refractivity contribution is -0.129. The van der Waals surface area contributed by atoms with Crippen LogP contribution in [0.2, 0.25) is 0 Å². The fourth-order valence-electron chi connectivity index (χ4n) is 4.12. The van der Waals surface area contributed by atoms with E-state index >= 15 is 0 Å². The Balaban J connectivity index is 3.19. The van der Waals surface area contributed by atoms with Gasteiger partial charge < -0.3 is 15.5 Å². The number of carbonyl (C=O) groups excluding carboxylic acids is 1. The maximum atomic E-state index is 12.8. The summed E-state index contributed by atoms with van der Waals surface area (Å²) in [6.07, 6.45) is 14.9. The zero-order valence-electron chi connectivity index (χ0n) is 18.4. The second-order valence-electron chi connectivity index (χ2n) is 7.63. The molecule has 0 aliphatic carbocycles. The molecule has 158 valence electrons. The van der Waals surface area contributed by atoms with Gasteiger partial charge in [-0.15, -0.1) is 6.42 Å². The van der Waals surface area contributed by atoms with Crippen LogP contribution >= 0.6 is 0 Å². The van der Waals surface area contributed by atoms with E-state index in [-0.39, 0.29) is 5.91 Å². The van der Waals surface area contributed by atoms with Gasteiger partial charge in [-0.25, -0.2) is 0 Å². The Morgan fingerprint density at radius 1 is 1.29 bits per heavy atom. The molecule has 1 fully saturated rings. The molecule has 1 aliphatic rings.